The number of hydrogen-bond acceptors (Lipinski definition) is 3. The molecule has 0 bridgehead atoms. The van der Waals surface area contributed by atoms with Gasteiger partial charge in [-0.1, -0.05) is 35.3 Å². The first-order valence-corrected chi connectivity index (χ1v) is 8.20. The minimum atomic E-state index is -0.363. The van der Waals surface area contributed by atoms with E-state index in [4.69, 9.17) is 23.2 Å². The maximum atomic E-state index is 12.1. The number of rotatable bonds is 5. The third-order valence-electron chi connectivity index (χ3n) is 3.36. The molecule has 6 nitrogen and oxygen atoms in total. The Morgan fingerprint density at radius 1 is 1.00 bits per heavy atom. The van der Waals surface area contributed by atoms with Gasteiger partial charge in [-0.2, -0.15) is 5.10 Å². The van der Waals surface area contributed by atoms with Gasteiger partial charge < -0.3 is 16.0 Å². The average molecular weight is 376 g/mol. The van der Waals surface area contributed by atoms with Crippen molar-refractivity contribution in [2.75, 3.05) is 16.0 Å². The van der Waals surface area contributed by atoms with Crippen LogP contribution in [0.25, 0.3) is 0 Å². The van der Waals surface area contributed by atoms with Crippen LogP contribution in [0.3, 0.4) is 0 Å². The topological polar surface area (TPSA) is 81.8 Å². The summed E-state index contributed by atoms with van der Waals surface area (Å²) in [6.45, 7) is 0.615. The molecule has 0 saturated heterocycles. The van der Waals surface area contributed by atoms with E-state index in [0.29, 0.717) is 28.0 Å². The SMILES string of the molecule is O=C(Nc1cccc(CNc2cn[nH]c2)c1)Nc1ccc(Cl)c(Cl)c1. The van der Waals surface area contributed by atoms with Crippen LogP contribution in [0.1, 0.15) is 5.56 Å². The summed E-state index contributed by atoms with van der Waals surface area (Å²) in [5, 5.41) is 16.1. The molecule has 8 heteroatoms. The maximum Gasteiger partial charge on any atom is 0.323 e. The van der Waals surface area contributed by atoms with E-state index in [2.05, 4.69) is 26.1 Å². The second kappa shape index (κ2) is 7.92. The number of urea groups is 1. The molecule has 0 fully saturated rings. The lowest BCUT2D eigenvalue weighted by Gasteiger charge is -2.10. The highest BCUT2D eigenvalue weighted by molar-refractivity contribution is 6.42. The predicted molar refractivity (Wildman–Crippen MR) is 101 cm³/mol. The van der Waals surface area contributed by atoms with Crippen LogP contribution in [0.2, 0.25) is 10.0 Å². The number of benzene rings is 2. The molecule has 1 heterocycles. The molecular weight excluding hydrogens is 361 g/mol. The molecule has 0 radical (unpaired) electrons. The predicted octanol–water partition coefficient (Wildman–Crippen LogP) is 4.97. The minimum absolute atomic E-state index is 0.363. The Morgan fingerprint density at radius 2 is 1.80 bits per heavy atom. The van der Waals surface area contributed by atoms with E-state index in [0.717, 1.165) is 11.3 Å². The highest BCUT2D eigenvalue weighted by atomic mass is 35.5. The monoisotopic (exact) mass is 375 g/mol. The Labute approximate surface area is 154 Å². The van der Waals surface area contributed by atoms with Crippen molar-refractivity contribution in [3.05, 3.63) is 70.5 Å². The van der Waals surface area contributed by atoms with Gasteiger partial charge in [0.25, 0.3) is 0 Å². The molecule has 25 heavy (non-hydrogen) atoms. The fourth-order valence-corrected chi connectivity index (χ4v) is 2.48. The van der Waals surface area contributed by atoms with Gasteiger partial charge in [0.15, 0.2) is 0 Å². The Hall–Kier alpha value is -2.70. The molecule has 128 valence electrons. The quantitative estimate of drug-likeness (QED) is 0.507. The second-order valence-electron chi connectivity index (χ2n) is 5.25. The fraction of sp³-hybridized carbons (Fsp3) is 0.0588. The summed E-state index contributed by atoms with van der Waals surface area (Å²) in [7, 11) is 0. The number of anilines is 3. The van der Waals surface area contributed by atoms with Crippen LogP contribution < -0.4 is 16.0 Å². The smallest absolute Gasteiger partial charge is 0.323 e. The molecule has 3 rings (SSSR count). The van der Waals surface area contributed by atoms with Crippen LogP contribution in [-0.2, 0) is 6.54 Å². The van der Waals surface area contributed by atoms with Crippen molar-refractivity contribution in [2.45, 2.75) is 6.54 Å². The number of amides is 2. The standard InChI is InChI=1S/C17H15Cl2N5O/c18-15-5-4-13(7-16(15)19)24-17(25)23-12-3-1-2-11(6-12)8-20-14-9-21-22-10-14/h1-7,9-10,20H,8H2,(H,21,22)(H2,23,24,25). The van der Waals surface area contributed by atoms with E-state index in [9.17, 15) is 4.79 Å². The van der Waals surface area contributed by atoms with Crippen molar-refractivity contribution in [1.82, 2.24) is 10.2 Å². The maximum absolute atomic E-state index is 12.1. The molecular formula is C17H15Cl2N5O. The van der Waals surface area contributed by atoms with Gasteiger partial charge >= 0.3 is 6.03 Å². The Kier molecular flexibility index (Phi) is 5.42. The molecule has 0 atom stereocenters. The Bertz CT molecular complexity index is 867. The first kappa shape index (κ1) is 17.1. The minimum Gasteiger partial charge on any atom is -0.378 e. The van der Waals surface area contributed by atoms with Crippen molar-refractivity contribution in [2.24, 2.45) is 0 Å². The van der Waals surface area contributed by atoms with Crippen LogP contribution in [-0.4, -0.2) is 16.2 Å². The van der Waals surface area contributed by atoms with E-state index < -0.39 is 0 Å². The molecule has 2 amide bonds. The number of hydrogen-bond donors (Lipinski definition) is 4. The number of nitrogens with zero attached hydrogens (tertiary/aromatic N) is 1. The second-order valence-corrected chi connectivity index (χ2v) is 6.06. The Balaban J connectivity index is 1.59. The van der Waals surface area contributed by atoms with Crippen molar-refractivity contribution >= 4 is 46.3 Å². The van der Waals surface area contributed by atoms with Gasteiger partial charge in [-0.05, 0) is 35.9 Å². The van der Waals surface area contributed by atoms with E-state index in [1.54, 1.807) is 30.6 Å². The van der Waals surface area contributed by atoms with E-state index in [1.165, 1.54) is 0 Å². The summed E-state index contributed by atoms with van der Waals surface area (Å²) in [5.74, 6) is 0. The molecule has 0 spiro atoms. The van der Waals surface area contributed by atoms with Gasteiger partial charge in [-0.3, -0.25) is 5.10 Å². The summed E-state index contributed by atoms with van der Waals surface area (Å²) < 4.78 is 0. The average Bonchev–Trinajstić information content (AvgIpc) is 3.10. The summed E-state index contributed by atoms with van der Waals surface area (Å²) >= 11 is 11.8. The normalized spacial score (nSPS) is 10.3. The first-order chi connectivity index (χ1) is 12.1. The van der Waals surface area contributed by atoms with E-state index in [1.807, 2.05) is 24.3 Å². The van der Waals surface area contributed by atoms with Gasteiger partial charge in [0.2, 0.25) is 0 Å². The zero-order chi connectivity index (χ0) is 17.6. The molecule has 2 aromatic carbocycles. The van der Waals surface area contributed by atoms with Crippen LogP contribution in [0.4, 0.5) is 21.9 Å². The molecule has 0 aliphatic carbocycles. The van der Waals surface area contributed by atoms with Gasteiger partial charge in [0.1, 0.15) is 0 Å². The third-order valence-corrected chi connectivity index (χ3v) is 4.10. The summed E-state index contributed by atoms with van der Waals surface area (Å²) in [6, 6.07) is 12.1. The van der Waals surface area contributed by atoms with Crippen molar-refractivity contribution < 1.29 is 4.79 Å². The molecule has 1 aromatic heterocycles. The molecule has 0 aliphatic heterocycles. The zero-order valence-corrected chi connectivity index (χ0v) is 14.5. The van der Waals surface area contributed by atoms with Gasteiger partial charge in [0, 0.05) is 24.1 Å². The fourth-order valence-electron chi connectivity index (χ4n) is 2.18. The third kappa shape index (κ3) is 4.89. The number of aromatic amines is 1. The largest absolute Gasteiger partial charge is 0.378 e. The van der Waals surface area contributed by atoms with Crippen LogP contribution >= 0.6 is 23.2 Å². The van der Waals surface area contributed by atoms with Crippen molar-refractivity contribution in [1.29, 1.82) is 0 Å². The van der Waals surface area contributed by atoms with E-state index in [-0.39, 0.29) is 6.03 Å². The highest BCUT2D eigenvalue weighted by Crippen LogP contribution is 2.25. The number of aromatic nitrogens is 2. The number of carbonyl (C=O) groups excluding carboxylic acids is 1. The number of halogens is 2. The van der Waals surface area contributed by atoms with Crippen molar-refractivity contribution in [3.63, 3.8) is 0 Å². The summed E-state index contributed by atoms with van der Waals surface area (Å²) in [4.78, 5) is 12.1. The van der Waals surface area contributed by atoms with Crippen LogP contribution in [0.5, 0.6) is 0 Å². The molecule has 4 N–H and O–H groups in total. The molecule has 3 aromatic rings. The summed E-state index contributed by atoms with van der Waals surface area (Å²) in [5.41, 5.74) is 3.16. The number of carbonyl (C=O) groups is 1. The lowest BCUT2D eigenvalue weighted by molar-refractivity contribution is 0.262. The molecule has 0 aliphatic rings. The number of nitrogens with one attached hydrogen (secondary N) is 4. The van der Waals surface area contributed by atoms with Gasteiger partial charge in [0.05, 0.1) is 21.9 Å². The lowest BCUT2D eigenvalue weighted by Crippen LogP contribution is -2.19. The lowest BCUT2D eigenvalue weighted by atomic mass is 10.2. The van der Waals surface area contributed by atoms with Crippen molar-refractivity contribution in [3.8, 4) is 0 Å². The van der Waals surface area contributed by atoms with Gasteiger partial charge in [-0.25, -0.2) is 4.79 Å². The summed E-state index contributed by atoms with van der Waals surface area (Å²) in [6.07, 6.45) is 3.47. The number of H-pyrrole nitrogens is 1. The van der Waals surface area contributed by atoms with Gasteiger partial charge in [-0.15, -0.1) is 0 Å². The molecule has 0 saturated carbocycles. The van der Waals surface area contributed by atoms with E-state index >= 15 is 0 Å². The zero-order valence-electron chi connectivity index (χ0n) is 13.0. The van der Waals surface area contributed by atoms with Crippen LogP contribution in [0, 0.1) is 0 Å². The first-order valence-electron chi connectivity index (χ1n) is 7.45. The van der Waals surface area contributed by atoms with Crippen LogP contribution in [0.15, 0.2) is 54.9 Å². The molecule has 0 unspecified atom stereocenters. The highest BCUT2D eigenvalue weighted by Gasteiger charge is 2.05. The Morgan fingerprint density at radius 3 is 2.52 bits per heavy atom.